The summed E-state index contributed by atoms with van der Waals surface area (Å²) in [5.74, 6) is 1.44. The summed E-state index contributed by atoms with van der Waals surface area (Å²) in [6.45, 7) is 6.67. The van der Waals surface area contributed by atoms with Gasteiger partial charge in [0.15, 0.2) is 0 Å². The second-order valence-corrected chi connectivity index (χ2v) is 5.51. The SMILES string of the molecule is COC(=O)C(N)[C]1CC(C)CC(C)(C)C1. The maximum Gasteiger partial charge on any atom is 0.323 e. The van der Waals surface area contributed by atoms with Crippen molar-refractivity contribution in [2.75, 3.05) is 7.11 Å². The Morgan fingerprint density at radius 1 is 1.60 bits per heavy atom. The Morgan fingerprint density at radius 3 is 2.67 bits per heavy atom. The fraction of sp³-hybridized carbons (Fsp3) is 0.833. The highest BCUT2D eigenvalue weighted by Gasteiger charge is 2.37. The molecule has 0 aliphatic heterocycles. The second-order valence-electron chi connectivity index (χ2n) is 5.51. The minimum atomic E-state index is -0.531. The average Bonchev–Trinajstić information content (AvgIpc) is 2.12. The first-order chi connectivity index (χ1) is 6.85. The quantitative estimate of drug-likeness (QED) is 0.711. The molecule has 2 atom stereocenters. The summed E-state index contributed by atoms with van der Waals surface area (Å²) >= 11 is 0. The minimum Gasteiger partial charge on any atom is -0.468 e. The first-order valence-corrected chi connectivity index (χ1v) is 5.54. The van der Waals surface area contributed by atoms with Crippen LogP contribution in [0.5, 0.6) is 0 Å². The molecule has 3 nitrogen and oxygen atoms in total. The Hall–Kier alpha value is -0.570. The van der Waals surface area contributed by atoms with Crippen LogP contribution in [0.1, 0.15) is 40.0 Å². The van der Waals surface area contributed by atoms with Crippen molar-refractivity contribution in [2.45, 2.75) is 46.1 Å². The zero-order chi connectivity index (χ0) is 11.6. The van der Waals surface area contributed by atoms with Gasteiger partial charge in [-0.2, -0.15) is 0 Å². The van der Waals surface area contributed by atoms with E-state index in [-0.39, 0.29) is 11.4 Å². The van der Waals surface area contributed by atoms with Crippen LogP contribution in [0, 0.1) is 17.3 Å². The van der Waals surface area contributed by atoms with Gasteiger partial charge in [-0.3, -0.25) is 4.79 Å². The molecule has 1 saturated carbocycles. The Bertz CT molecular complexity index is 238. The summed E-state index contributed by atoms with van der Waals surface area (Å²) in [6, 6.07) is -0.531. The predicted molar refractivity (Wildman–Crippen MR) is 60.0 cm³/mol. The van der Waals surface area contributed by atoms with E-state index in [1.807, 2.05) is 0 Å². The molecule has 0 amide bonds. The number of nitrogens with two attached hydrogens (primary N) is 1. The van der Waals surface area contributed by atoms with Gasteiger partial charge in [-0.15, -0.1) is 0 Å². The van der Waals surface area contributed by atoms with E-state index in [4.69, 9.17) is 5.73 Å². The summed E-state index contributed by atoms with van der Waals surface area (Å²) in [7, 11) is 1.39. The van der Waals surface area contributed by atoms with Crippen LogP contribution in [-0.4, -0.2) is 19.1 Å². The molecule has 1 rings (SSSR count). The van der Waals surface area contributed by atoms with Gasteiger partial charge in [0, 0.05) is 5.92 Å². The number of hydrogen-bond donors (Lipinski definition) is 1. The number of carbonyl (C=O) groups is 1. The molecule has 2 N–H and O–H groups in total. The van der Waals surface area contributed by atoms with Crippen molar-refractivity contribution in [1.82, 2.24) is 0 Å². The number of hydrogen-bond acceptors (Lipinski definition) is 3. The van der Waals surface area contributed by atoms with Crippen LogP contribution < -0.4 is 5.73 Å². The van der Waals surface area contributed by atoms with Crippen LogP contribution in [0.2, 0.25) is 0 Å². The third-order valence-electron chi connectivity index (χ3n) is 3.11. The molecule has 1 fully saturated rings. The molecule has 1 aliphatic carbocycles. The third-order valence-corrected chi connectivity index (χ3v) is 3.11. The summed E-state index contributed by atoms with van der Waals surface area (Å²) in [5, 5.41) is 0. The molecule has 0 aromatic heterocycles. The molecule has 3 heteroatoms. The van der Waals surface area contributed by atoms with Gasteiger partial charge in [-0.25, -0.2) is 0 Å². The van der Waals surface area contributed by atoms with Crippen LogP contribution in [0.15, 0.2) is 0 Å². The van der Waals surface area contributed by atoms with Crippen LogP contribution in [0.3, 0.4) is 0 Å². The normalized spacial score (nSPS) is 28.5. The molecule has 0 aromatic carbocycles. The molecule has 0 heterocycles. The maximum atomic E-state index is 11.4. The molecule has 2 unspecified atom stereocenters. The predicted octanol–water partition coefficient (Wildman–Crippen LogP) is 1.91. The maximum absolute atomic E-state index is 11.4. The average molecular weight is 212 g/mol. The number of esters is 1. The van der Waals surface area contributed by atoms with Crippen molar-refractivity contribution < 1.29 is 9.53 Å². The van der Waals surface area contributed by atoms with E-state index in [9.17, 15) is 4.79 Å². The van der Waals surface area contributed by atoms with E-state index in [1.54, 1.807) is 0 Å². The van der Waals surface area contributed by atoms with Crippen LogP contribution in [0.4, 0.5) is 0 Å². The summed E-state index contributed by atoms with van der Waals surface area (Å²) in [6.07, 6.45) is 3.09. The van der Waals surface area contributed by atoms with E-state index in [2.05, 4.69) is 25.5 Å². The zero-order valence-corrected chi connectivity index (χ0v) is 10.2. The Balaban J connectivity index is 2.66. The van der Waals surface area contributed by atoms with Crippen LogP contribution in [-0.2, 0) is 9.53 Å². The molecule has 0 spiro atoms. The molecular weight excluding hydrogens is 190 g/mol. The van der Waals surface area contributed by atoms with Crippen LogP contribution in [0.25, 0.3) is 0 Å². The van der Waals surface area contributed by atoms with Crippen molar-refractivity contribution in [2.24, 2.45) is 17.1 Å². The molecule has 0 bridgehead atoms. The Morgan fingerprint density at radius 2 is 2.20 bits per heavy atom. The topological polar surface area (TPSA) is 52.3 Å². The lowest BCUT2D eigenvalue weighted by molar-refractivity contribution is -0.142. The first kappa shape index (κ1) is 12.5. The lowest BCUT2D eigenvalue weighted by Gasteiger charge is -2.40. The first-order valence-electron chi connectivity index (χ1n) is 5.54. The monoisotopic (exact) mass is 212 g/mol. The highest BCUT2D eigenvalue weighted by molar-refractivity contribution is 5.78. The standard InChI is InChI=1S/C12H22NO2/c1-8-5-9(7-12(2,3)6-8)10(13)11(14)15-4/h8,10H,5-7,13H2,1-4H3. The number of methoxy groups -OCH3 is 1. The van der Waals surface area contributed by atoms with E-state index in [1.165, 1.54) is 13.5 Å². The van der Waals surface area contributed by atoms with Crippen molar-refractivity contribution >= 4 is 5.97 Å². The van der Waals surface area contributed by atoms with E-state index < -0.39 is 6.04 Å². The summed E-state index contributed by atoms with van der Waals surface area (Å²) in [5.41, 5.74) is 6.14. The van der Waals surface area contributed by atoms with E-state index >= 15 is 0 Å². The highest BCUT2D eigenvalue weighted by Crippen LogP contribution is 2.43. The van der Waals surface area contributed by atoms with Crippen molar-refractivity contribution in [3.63, 3.8) is 0 Å². The molecule has 1 aliphatic rings. The van der Waals surface area contributed by atoms with Gasteiger partial charge in [0.05, 0.1) is 7.11 Å². The van der Waals surface area contributed by atoms with Crippen molar-refractivity contribution in [3.05, 3.63) is 5.92 Å². The van der Waals surface area contributed by atoms with E-state index in [0.717, 1.165) is 18.8 Å². The number of rotatable bonds is 2. The molecule has 0 saturated heterocycles. The summed E-state index contributed by atoms with van der Waals surface area (Å²) in [4.78, 5) is 11.4. The number of carbonyl (C=O) groups excluding carboxylic acids is 1. The van der Waals surface area contributed by atoms with Gasteiger partial charge in [-0.1, -0.05) is 20.8 Å². The molecule has 1 radical (unpaired) electrons. The van der Waals surface area contributed by atoms with Gasteiger partial charge < -0.3 is 10.5 Å². The van der Waals surface area contributed by atoms with Crippen molar-refractivity contribution in [1.29, 1.82) is 0 Å². The van der Waals surface area contributed by atoms with Gasteiger partial charge in [-0.05, 0) is 30.6 Å². The van der Waals surface area contributed by atoms with Gasteiger partial charge >= 0.3 is 5.97 Å². The highest BCUT2D eigenvalue weighted by atomic mass is 16.5. The van der Waals surface area contributed by atoms with Gasteiger partial charge in [0.1, 0.15) is 6.04 Å². The lowest BCUT2D eigenvalue weighted by atomic mass is 9.66. The lowest BCUT2D eigenvalue weighted by Crippen LogP contribution is -2.42. The van der Waals surface area contributed by atoms with Gasteiger partial charge in [0.2, 0.25) is 0 Å². The van der Waals surface area contributed by atoms with Crippen LogP contribution >= 0.6 is 0 Å². The molecule has 15 heavy (non-hydrogen) atoms. The third kappa shape index (κ3) is 3.20. The second kappa shape index (κ2) is 4.52. The Labute approximate surface area is 92.4 Å². The van der Waals surface area contributed by atoms with Crippen molar-refractivity contribution in [3.8, 4) is 0 Å². The molecular formula is C12H22NO2. The summed E-state index contributed by atoms with van der Waals surface area (Å²) < 4.78 is 4.68. The van der Waals surface area contributed by atoms with E-state index in [0.29, 0.717) is 5.92 Å². The van der Waals surface area contributed by atoms with Gasteiger partial charge in [0.25, 0.3) is 0 Å². The molecule has 87 valence electrons. The minimum absolute atomic E-state index is 0.263. The number of ether oxygens (including phenoxy) is 1. The largest absolute Gasteiger partial charge is 0.468 e. The smallest absolute Gasteiger partial charge is 0.323 e. The fourth-order valence-corrected chi connectivity index (χ4v) is 2.75. The molecule has 0 aromatic rings. The fourth-order valence-electron chi connectivity index (χ4n) is 2.75. The zero-order valence-electron chi connectivity index (χ0n) is 10.2. The Kier molecular flexibility index (Phi) is 3.77.